The van der Waals surface area contributed by atoms with Crippen LogP contribution >= 0.6 is 27.7 Å². The third-order valence-electron chi connectivity index (χ3n) is 3.99. The average Bonchev–Trinajstić information content (AvgIpc) is 3.10. The summed E-state index contributed by atoms with van der Waals surface area (Å²) in [5.74, 6) is 1.23. The molecular weight excluding hydrogens is 442 g/mol. The lowest BCUT2D eigenvalue weighted by atomic mass is 10.1. The smallest absolute Gasteiger partial charge is 0.277 e. The van der Waals surface area contributed by atoms with Crippen molar-refractivity contribution in [1.82, 2.24) is 10.2 Å². The summed E-state index contributed by atoms with van der Waals surface area (Å²) < 4.78 is 12.3. The Morgan fingerprint density at radius 3 is 2.61 bits per heavy atom. The fraction of sp³-hybridized carbons (Fsp3) is 0.250. The molecule has 0 aliphatic carbocycles. The van der Waals surface area contributed by atoms with Crippen LogP contribution in [0.3, 0.4) is 0 Å². The number of nitrogens with one attached hydrogen (secondary N) is 1. The lowest BCUT2D eigenvalue weighted by Gasteiger charge is -2.09. The molecule has 0 saturated heterocycles. The van der Waals surface area contributed by atoms with Gasteiger partial charge in [-0.1, -0.05) is 45.9 Å². The number of rotatable bonds is 7. The summed E-state index contributed by atoms with van der Waals surface area (Å²) in [6.45, 7) is 6.10. The highest BCUT2D eigenvalue weighted by Gasteiger charge is 2.12. The van der Waals surface area contributed by atoms with E-state index in [9.17, 15) is 4.79 Å². The summed E-state index contributed by atoms with van der Waals surface area (Å²) in [6, 6.07) is 11.7. The molecule has 1 heterocycles. The van der Waals surface area contributed by atoms with E-state index in [1.807, 2.05) is 57.2 Å². The van der Waals surface area contributed by atoms with Gasteiger partial charge in [0.25, 0.3) is 11.1 Å². The molecule has 0 radical (unpaired) electrons. The number of anilines is 1. The number of para-hydroxylation sites is 1. The zero-order valence-corrected chi connectivity index (χ0v) is 18.2. The first-order valence-electron chi connectivity index (χ1n) is 8.62. The maximum absolute atomic E-state index is 12.2. The van der Waals surface area contributed by atoms with E-state index in [-0.39, 0.29) is 18.3 Å². The standard InChI is InChI=1S/C20H20BrN3O3S/c1-12-5-4-6-13(2)19(12)26-10-18-23-24-20(27-18)28-11-17(25)22-16-8-7-15(21)9-14(16)3/h4-9H,10-11H2,1-3H3,(H,22,25). The molecule has 3 rings (SSSR count). The van der Waals surface area contributed by atoms with Crippen molar-refractivity contribution in [3.8, 4) is 5.75 Å². The normalized spacial score (nSPS) is 10.7. The van der Waals surface area contributed by atoms with Gasteiger partial charge in [-0.2, -0.15) is 0 Å². The number of ether oxygens (including phenoxy) is 1. The Balaban J connectivity index is 1.51. The molecule has 2 aromatic carbocycles. The zero-order valence-electron chi connectivity index (χ0n) is 15.8. The van der Waals surface area contributed by atoms with Gasteiger partial charge in [-0.15, -0.1) is 10.2 Å². The van der Waals surface area contributed by atoms with Crippen molar-refractivity contribution in [3.63, 3.8) is 0 Å². The molecule has 146 valence electrons. The third-order valence-corrected chi connectivity index (χ3v) is 5.30. The maximum Gasteiger partial charge on any atom is 0.277 e. The molecule has 3 aromatic rings. The number of thioether (sulfide) groups is 1. The van der Waals surface area contributed by atoms with Crippen molar-refractivity contribution in [2.45, 2.75) is 32.6 Å². The van der Waals surface area contributed by atoms with E-state index in [1.54, 1.807) is 0 Å². The van der Waals surface area contributed by atoms with E-state index in [0.717, 1.165) is 32.6 Å². The fourth-order valence-electron chi connectivity index (χ4n) is 2.60. The topological polar surface area (TPSA) is 77.2 Å². The summed E-state index contributed by atoms with van der Waals surface area (Å²) in [6.07, 6.45) is 0. The van der Waals surface area contributed by atoms with Gasteiger partial charge in [0.15, 0.2) is 6.61 Å². The van der Waals surface area contributed by atoms with Crippen molar-refractivity contribution >= 4 is 39.3 Å². The van der Waals surface area contributed by atoms with E-state index in [4.69, 9.17) is 9.15 Å². The van der Waals surface area contributed by atoms with Gasteiger partial charge in [-0.25, -0.2) is 0 Å². The second kappa shape index (κ2) is 9.25. The molecule has 0 fully saturated rings. The number of hydrogen-bond acceptors (Lipinski definition) is 6. The molecule has 28 heavy (non-hydrogen) atoms. The highest BCUT2D eigenvalue weighted by molar-refractivity contribution is 9.10. The summed E-state index contributed by atoms with van der Waals surface area (Å²) in [5, 5.41) is 11.2. The first-order valence-corrected chi connectivity index (χ1v) is 10.4. The lowest BCUT2D eigenvalue weighted by molar-refractivity contribution is -0.113. The van der Waals surface area contributed by atoms with Crippen LogP contribution in [-0.4, -0.2) is 21.9 Å². The number of carbonyl (C=O) groups is 1. The molecule has 0 saturated carbocycles. The molecule has 0 spiro atoms. The number of halogens is 1. The molecule has 0 bridgehead atoms. The van der Waals surface area contributed by atoms with Gasteiger partial charge in [0, 0.05) is 10.2 Å². The van der Waals surface area contributed by atoms with Crippen LogP contribution in [0.15, 0.2) is 50.5 Å². The number of nitrogens with zero attached hydrogens (tertiary/aromatic N) is 2. The van der Waals surface area contributed by atoms with Crippen molar-refractivity contribution in [2.24, 2.45) is 0 Å². The number of amides is 1. The number of carbonyl (C=O) groups excluding carboxylic acids is 1. The van der Waals surface area contributed by atoms with Crippen LogP contribution in [0, 0.1) is 20.8 Å². The second-order valence-electron chi connectivity index (χ2n) is 6.27. The van der Waals surface area contributed by atoms with Gasteiger partial charge >= 0.3 is 0 Å². The van der Waals surface area contributed by atoms with Gasteiger partial charge in [-0.3, -0.25) is 4.79 Å². The van der Waals surface area contributed by atoms with E-state index in [1.165, 1.54) is 11.8 Å². The van der Waals surface area contributed by atoms with Crippen LogP contribution in [-0.2, 0) is 11.4 Å². The summed E-state index contributed by atoms with van der Waals surface area (Å²) in [4.78, 5) is 12.2. The molecule has 8 heteroatoms. The number of aromatic nitrogens is 2. The molecule has 6 nitrogen and oxygen atoms in total. The third kappa shape index (κ3) is 5.36. The molecule has 1 amide bonds. The predicted molar refractivity (Wildman–Crippen MR) is 113 cm³/mol. The highest BCUT2D eigenvalue weighted by Crippen LogP contribution is 2.24. The van der Waals surface area contributed by atoms with Gasteiger partial charge in [0.05, 0.1) is 5.75 Å². The summed E-state index contributed by atoms with van der Waals surface area (Å²) in [5.41, 5.74) is 3.86. The van der Waals surface area contributed by atoms with E-state index >= 15 is 0 Å². The molecule has 0 aliphatic heterocycles. The van der Waals surface area contributed by atoms with Crippen LogP contribution in [0.5, 0.6) is 5.75 Å². The quantitative estimate of drug-likeness (QED) is 0.495. The molecule has 0 aliphatic rings. The second-order valence-corrected chi connectivity index (χ2v) is 8.11. The summed E-state index contributed by atoms with van der Waals surface area (Å²) in [7, 11) is 0. The van der Waals surface area contributed by atoms with Crippen LogP contribution in [0.1, 0.15) is 22.6 Å². The number of hydrogen-bond donors (Lipinski definition) is 1. The first kappa shape index (κ1) is 20.4. The Morgan fingerprint density at radius 1 is 1.14 bits per heavy atom. The number of benzene rings is 2. The minimum absolute atomic E-state index is 0.137. The van der Waals surface area contributed by atoms with Gasteiger partial charge < -0.3 is 14.5 Å². The fourth-order valence-corrected chi connectivity index (χ4v) is 3.65. The monoisotopic (exact) mass is 461 g/mol. The molecule has 1 N–H and O–H groups in total. The van der Waals surface area contributed by atoms with Crippen LogP contribution < -0.4 is 10.1 Å². The van der Waals surface area contributed by atoms with Crippen LogP contribution in [0.25, 0.3) is 0 Å². The maximum atomic E-state index is 12.2. The van der Waals surface area contributed by atoms with Gasteiger partial charge in [-0.05, 0) is 55.7 Å². The highest BCUT2D eigenvalue weighted by atomic mass is 79.9. The lowest BCUT2D eigenvalue weighted by Crippen LogP contribution is -2.14. The van der Waals surface area contributed by atoms with Crippen molar-refractivity contribution in [3.05, 3.63) is 63.5 Å². The van der Waals surface area contributed by atoms with Crippen molar-refractivity contribution in [2.75, 3.05) is 11.1 Å². The Morgan fingerprint density at radius 2 is 1.89 bits per heavy atom. The number of aryl methyl sites for hydroxylation is 3. The van der Waals surface area contributed by atoms with Crippen LogP contribution in [0.4, 0.5) is 5.69 Å². The van der Waals surface area contributed by atoms with E-state index in [2.05, 4.69) is 31.4 Å². The Hall–Kier alpha value is -2.32. The average molecular weight is 462 g/mol. The van der Waals surface area contributed by atoms with Gasteiger partial charge in [0.2, 0.25) is 5.91 Å². The minimum atomic E-state index is -0.137. The Labute approximate surface area is 176 Å². The van der Waals surface area contributed by atoms with Crippen molar-refractivity contribution in [1.29, 1.82) is 0 Å². The summed E-state index contributed by atoms with van der Waals surface area (Å²) >= 11 is 4.60. The SMILES string of the molecule is Cc1cc(Br)ccc1NC(=O)CSc1nnc(COc2c(C)cccc2C)o1. The largest absolute Gasteiger partial charge is 0.483 e. The van der Waals surface area contributed by atoms with Crippen LogP contribution in [0.2, 0.25) is 0 Å². The Bertz CT molecular complexity index is 970. The minimum Gasteiger partial charge on any atom is -0.483 e. The first-order chi connectivity index (χ1) is 13.4. The molecular formula is C20H20BrN3O3S. The molecule has 0 atom stereocenters. The van der Waals surface area contributed by atoms with Gasteiger partial charge in [0.1, 0.15) is 5.75 Å². The predicted octanol–water partition coefficient (Wildman–Crippen LogP) is 5.07. The van der Waals surface area contributed by atoms with Crippen molar-refractivity contribution < 1.29 is 13.9 Å². The van der Waals surface area contributed by atoms with E-state index < -0.39 is 0 Å². The molecule has 0 unspecified atom stereocenters. The molecule has 1 aromatic heterocycles. The zero-order chi connectivity index (χ0) is 20.1. The van der Waals surface area contributed by atoms with E-state index in [0.29, 0.717) is 11.1 Å². The Kier molecular flexibility index (Phi) is 6.74.